The molecule has 0 atom stereocenters. The summed E-state index contributed by atoms with van der Waals surface area (Å²) in [6, 6.07) is 17.9. The van der Waals surface area contributed by atoms with E-state index in [1.165, 1.54) is 11.3 Å². The van der Waals surface area contributed by atoms with E-state index in [4.69, 9.17) is 0 Å². The number of carboxylic acids is 1. The molecule has 0 saturated heterocycles. The molecular formula is C21H17N3O2S. The molecule has 0 spiro atoms. The fraction of sp³-hybridized carbons (Fsp3) is 0.0952. The Balaban J connectivity index is 1.64. The highest BCUT2D eigenvalue weighted by Crippen LogP contribution is 2.30. The molecule has 134 valence electrons. The number of para-hydroxylation sites is 1. The molecule has 6 heteroatoms. The van der Waals surface area contributed by atoms with Gasteiger partial charge in [0.2, 0.25) is 0 Å². The highest BCUT2D eigenvalue weighted by molar-refractivity contribution is 7.19. The van der Waals surface area contributed by atoms with E-state index in [1.54, 1.807) is 6.20 Å². The van der Waals surface area contributed by atoms with Crippen LogP contribution < -0.4 is 0 Å². The van der Waals surface area contributed by atoms with Gasteiger partial charge in [-0.1, -0.05) is 42.5 Å². The predicted octanol–water partition coefficient (Wildman–Crippen LogP) is 4.56. The standard InChI is InChI=1S/C21H17N3O2S/c25-20(26)11-17(21-23-18-8-4-5-9-19(18)27-21)10-16-12-22-24(14-16)13-15-6-2-1-3-7-15/h1-10,12,14H,11,13H2,(H,25,26)/b17-10-. The molecule has 2 heterocycles. The lowest BCUT2D eigenvalue weighted by Crippen LogP contribution is -1.99. The minimum absolute atomic E-state index is 0.0797. The molecule has 1 N–H and O–H groups in total. The Morgan fingerprint density at radius 1 is 1.11 bits per heavy atom. The van der Waals surface area contributed by atoms with E-state index in [-0.39, 0.29) is 6.42 Å². The second kappa shape index (κ2) is 7.55. The largest absolute Gasteiger partial charge is 0.481 e. The molecule has 0 amide bonds. The molecule has 0 radical (unpaired) electrons. The maximum Gasteiger partial charge on any atom is 0.307 e. The summed E-state index contributed by atoms with van der Waals surface area (Å²) in [4.78, 5) is 15.9. The van der Waals surface area contributed by atoms with Gasteiger partial charge in [0.05, 0.1) is 29.4 Å². The van der Waals surface area contributed by atoms with Crippen LogP contribution in [0.1, 0.15) is 22.6 Å². The Kier molecular flexibility index (Phi) is 4.80. The molecule has 0 unspecified atom stereocenters. The van der Waals surface area contributed by atoms with Crippen molar-refractivity contribution in [1.82, 2.24) is 14.8 Å². The number of benzene rings is 2. The molecule has 5 nitrogen and oxygen atoms in total. The number of rotatable bonds is 6. The van der Waals surface area contributed by atoms with E-state index in [2.05, 4.69) is 10.1 Å². The van der Waals surface area contributed by atoms with Gasteiger partial charge in [-0.2, -0.15) is 5.10 Å². The fourth-order valence-corrected chi connectivity index (χ4v) is 3.85. The quantitative estimate of drug-likeness (QED) is 0.537. The molecule has 0 aliphatic heterocycles. The van der Waals surface area contributed by atoms with Crippen LogP contribution in [0.25, 0.3) is 21.9 Å². The lowest BCUT2D eigenvalue weighted by molar-refractivity contribution is -0.135. The summed E-state index contributed by atoms with van der Waals surface area (Å²) >= 11 is 1.51. The van der Waals surface area contributed by atoms with Gasteiger partial charge in [0.25, 0.3) is 0 Å². The van der Waals surface area contributed by atoms with Crippen LogP contribution in [0, 0.1) is 0 Å². The van der Waals surface area contributed by atoms with Gasteiger partial charge in [-0.05, 0) is 29.3 Å². The molecule has 4 rings (SSSR count). The maximum atomic E-state index is 11.4. The van der Waals surface area contributed by atoms with E-state index in [0.717, 1.165) is 26.4 Å². The summed E-state index contributed by atoms with van der Waals surface area (Å²) in [6.45, 7) is 0.671. The Morgan fingerprint density at radius 2 is 1.89 bits per heavy atom. The van der Waals surface area contributed by atoms with Gasteiger partial charge in [-0.25, -0.2) is 4.98 Å². The fourth-order valence-electron chi connectivity index (χ4n) is 2.87. The van der Waals surface area contributed by atoms with E-state index >= 15 is 0 Å². The van der Waals surface area contributed by atoms with Crippen LogP contribution in [-0.4, -0.2) is 25.8 Å². The Bertz CT molecular complexity index is 1080. The van der Waals surface area contributed by atoms with Crippen molar-refractivity contribution in [1.29, 1.82) is 0 Å². The molecule has 27 heavy (non-hydrogen) atoms. The van der Waals surface area contributed by atoms with Crippen LogP contribution in [-0.2, 0) is 11.3 Å². The summed E-state index contributed by atoms with van der Waals surface area (Å²) in [7, 11) is 0. The van der Waals surface area contributed by atoms with Crippen LogP contribution in [0.15, 0.2) is 67.0 Å². The molecular weight excluding hydrogens is 358 g/mol. The second-order valence-corrected chi connectivity index (χ2v) is 7.21. The number of aliphatic carboxylic acids is 1. The summed E-state index contributed by atoms with van der Waals surface area (Å²) in [6.07, 6.45) is 5.45. The highest BCUT2D eigenvalue weighted by Gasteiger charge is 2.13. The zero-order valence-electron chi connectivity index (χ0n) is 14.4. The average molecular weight is 375 g/mol. The van der Waals surface area contributed by atoms with Crippen molar-refractivity contribution in [2.45, 2.75) is 13.0 Å². The van der Waals surface area contributed by atoms with E-state index in [9.17, 15) is 9.90 Å². The smallest absolute Gasteiger partial charge is 0.307 e. The van der Waals surface area contributed by atoms with Gasteiger partial charge >= 0.3 is 5.97 Å². The molecule has 0 saturated carbocycles. The van der Waals surface area contributed by atoms with E-state index in [1.807, 2.05) is 71.6 Å². The van der Waals surface area contributed by atoms with Crippen LogP contribution in [0.4, 0.5) is 0 Å². The van der Waals surface area contributed by atoms with Crippen molar-refractivity contribution in [3.8, 4) is 0 Å². The first-order valence-electron chi connectivity index (χ1n) is 8.52. The van der Waals surface area contributed by atoms with Crippen molar-refractivity contribution >= 4 is 39.2 Å². The lowest BCUT2D eigenvalue weighted by Gasteiger charge is -2.01. The normalized spacial score (nSPS) is 11.8. The summed E-state index contributed by atoms with van der Waals surface area (Å²) < 4.78 is 2.89. The average Bonchev–Trinajstić information content (AvgIpc) is 3.28. The third-order valence-electron chi connectivity index (χ3n) is 4.09. The monoisotopic (exact) mass is 375 g/mol. The lowest BCUT2D eigenvalue weighted by atomic mass is 10.1. The Morgan fingerprint density at radius 3 is 2.67 bits per heavy atom. The maximum absolute atomic E-state index is 11.4. The number of fused-ring (bicyclic) bond motifs is 1. The molecule has 0 aliphatic carbocycles. The van der Waals surface area contributed by atoms with E-state index in [0.29, 0.717) is 12.1 Å². The van der Waals surface area contributed by atoms with Crippen LogP contribution in [0.5, 0.6) is 0 Å². The Hall–Kier alpha value is -3.25. The number of carbonyl (C=O) groups is 1. The first-order chi connectivity index (χ1) is 13.2. The molecule has 4 aromatic rings. The zero-order valence-corrected chi connectivity index (χ0v) is 15.3. The van der Waals surface area contributed by atoms with Gasteiger partial charge < -0.3 is 5.11 Å². The predicted molar refractivity (Wildman–Crippen MR) is 108 cm³/mol. The second-order valence-electron chi connectivity index (χ2n) is 6.18. The molecule has 2 aromatic heterocycles. The molecule has 2 aromatic carbocycles. The van der Waals surface area contributed by atoms with Gasteiger partial charge in [0.1, 0.15) is 5.01 Å². The Labute approximate surface area is 160 Å². The SMILES string of the molecule is O=C(O)C/C(=C/c1cnn(Cc2ccccc2)c1)c1nc2ccccc2s1. The van der Waals surface area contributed by atoms with Crippen molar-refractivity contribution in [2.24, 2.45) is 0 Å². The number of hydrogen-bond donors (Lipinski definition) is 1. The number of aromatic nitrogens is 3. The summed E-state index contributed by atoms with van der Waals surface area (Å²) in [5, 5.41) is 14.4. The summed E-state index contributed by atoms with van der Waals surface area (Å²) in [5.74, 6) is -0.878. The third-order valence-corrected chi connectivity index (χ3v) is 5.20. The minimum atomic E-state index is -0.878. The summed E-state index contributed by atoms with van der Waals surface area (Å²) in [5.41, 5.74) is 3.59. The number of hydrogen-bond acceptors (Lipinski definition) is 4. The molecule has 0 bridgehead atoms. The van der Waals surface area contributed by atoms with Crippen molar-refractivity contribution in [3.63, 3.8) is 0 Å². The van der Waals surface area contributed by atoms with Crippen molar-refractivity contribution in [3.05, 3.63) is 83.1 Å². The van der Waals surface area contributed by atoms with Gasteiger partial charge in [0.15, 0.2) is 0 Å². The van der Waals surface area contributed by atoms with Crippen LogP contribution in [0.3, 0.4) is 0 Å². The third kappa shape index (κ3) is 4.12. The highest BCUT2D eigenvalue weighted by atomic mass is 32.1. The first kappa shape index (κ1) is 17.2. The van der Waals surface area contributed by atoms with Gasteiger partial charge in [0, 0.05) is 11.8 Å². The van der Waals surface area contributed by atoms with Crippen LogP contribution >= 0.6 is 11.3 Å². The first-order valence-corrected chi connectivity index (χ1v) is 9.34. The van der Waals surface area contributed by atoms with Crippen molar-refractivity contribution in [2.75, 3.05) is 0 Å². The number of thiazole rings is 1. The topological polar surface area (TPSA) is 68.0 Å². The molecule has 0 aliphatic rings. The van der Waals surface area contributed by atoms with Crippen molar-refractivity contribution < 1.29 is 9.90 Å². The number of carboxylic acid groups (broad SMARTS) is 1. The van der Waals surface area contributed by atoms with Crippen LogP contribution in [0.2, 0.25) is 0 Å². The van der Waals surface area contributed by atoms with Gasteiger partial charge in [-0.15, -0.1) is 11.3 Å². The van der Waals surface area contributed by atoms with E-state index < -0.39 is 5.97 Å². The minimum Gasteiger partial charge on any atom is -0.481 e. The zero-order chi connectivity index (χ0) is 18.6. The number of nitrogens with zero attached hydrogens (tertiary/aromatic N) is 3. The molecule has 0 fully saturated rings. The van der Waals surface area contributed by atoms with Gasteiger partial charge in [-0.3, -0.25) is 9.48 Å².